The number of aryl methyl sites for hydroxylation is 1. The molecule has 30 heavy (non-hydrogen) atoms. The second-order valence-corrected chi connectivity index (χ2v) is 8.53. The zero-order valence-electron chi connectivity index (χ0n) is 16.8. The number of hydrogen-bond donors (Lipinski definition) is 2. The summed E-state index contributed by atoms with van der Waals surface area (Å²) >= 11 is 3.25. The minimum atomic E-state index is -0.416. The molecule has 1 amide bonds. The number of anilines is 2. The summed E-state index contributed by atoms with van der Waals surface area (Å²) in [7, 11) is 1.52. The van der Waals surface area contributed by atoms with Gasteiger partial charge in [-0.2, -0.15) is 0 Å². The number of amides is 1. The van der Waals surface area contributed by atoms with Crippen molar-refractivity contribution in [3.8, 4) is 16.3 Å². The fraction of sp³-hybridized carbons (Fsp3) is 0.286. The number of benzene rings is 1. The Morgan fingerprint density at radius 1 is 1.17 bits per heavy atom. The molecule has 3 rings (SSSR count). The SMILES string of the molecule is COc1ccccc1NC(=O)COC(=O)CCCNc1nc(-c2ccc(C)s2)cs1. The van der Waals surface area contributed by atoms with Gasteiger partial charge in [0.1, 0.15) is 5.75 Å². The summed E-state index contributed by atoms with van der Waals surface area (Å²) in [6.07, 6.45) is 0.803. The van der Waals surface area contributed by atoms with Crippen LogP contribution in [0.5, 0.6) is 5.75 Å². The molecule has 0 saturated carbocycles. The van der Waals surface area contributed by atoms with Crippen LogP contribution in [0.2, 0.25) is 0 Å². The van der Waals surface area contributed by atoms with Crippen molar-refractivity contribution in [2.45, 2.75) is 19.8 Å². The van der Waals surface area contributed by atoms with Crippen LogP contribution >= 0.6 is 22.7 Å². The number of thiazole rings is 1. The van der Waals surface area contributed by atoms with Crippen molar-refractivity contribution in [2.75, 3.05) is 30.9 Å². The molecule has 2 aromatic heterocycles. The van der Waals surface area contributed by atoms with E-state index in [9.17, 15) is 9.59 Å². The lowest BCUT2D eigenvalue weighted by Gasteiger charge is -2.10. The standard InChI is InChI=1S/C21H23N3O4S2/c1-14-9-10-18(30-14)16-13-29-21(24-16)22-11-5-8-20(26)28-12-19(25)23-15-6-3-4-7-17(15)27-2/h3-4,6-7,9-10,13H,5,8,11-12H2,1-2H3,(H,22,24)(H,23,25). The lowest BCUT2D eigenvalue weighted by atomic mass is 10.3. The maximum Gasteiger partial charge on any atom is 0.306 e. The van der Waals surface area contributed by atoms with Gasteiger partial charge in [0, 0.05) is 23.2 Å². The van der Waals surface area contributed by atoms with E-state index in [4.69, 9.17) is 9.47 Å². The molecule has 158 valence electrons. The number of esters is 1. The molecule has 7 nitrogen and oxygen atoms in total. The number of nitrogens with zero attached hydrogens (tertiary/aromatic N) is 1. The molecule has 1 aromatic carbocycles. The highest BCUT2D eigenvalue weighted by Gasteiger charge is 2.11. The summed E-state index contributed by atoms with van der Waals surface area (Å²) in [4.78, 5) is 30.8. The van der Waals surface area contributed by atoms with Crippen LogP contribution in [0.15, 0.2) is 41.8 Å². The lowest BCUT2D eigenvalue weighted by Crippen LogP contribution is -2.21. The van der Waals surface area contributed by atoms with E-state index in [2.05, 4.69) is 34.7 Å². The number of rotatable bonds is 10. The first-order valence-corrected chi connectivity index (χ1v) is 11.1. The molecule has 0 aliphatic heterocycles. The summed E-state index contributed by atoms with van der Waals surface area (Å²) in [6.45, 7) is 2.33. The molecular formula is C21H23N3O4S2. The second-order valence-electron chi connectivity index (χ2n) is 6.39. The Labute approximate surface area is 183 Å². The van der Waals surface area contributed by atoms with E-state index in [1.54, 1.807) is 35.6 Å². The molecule has 0 bridgehead atoms. The van der Waals surface area contributed by atoms with E-state index in [-0.39, 0.29) is 13.0 Å². The van der Waals surface area contributed by atoms with E-state index in [0.29, 0.717) is 24.4 Å². The van der Waals surface area contributed by atoms with Gasteiger partial charge in [0.25, 0.3) is 5.91 Å². The fourth-order valence-electron chi connectivity index (χ4n) is 2.62. The number of hydrogen-bond acceptors (Lipinski definition) is 8. The van der Waals surface area contributed by atoms with Crippen molar-refractivity contribution in [1.29, 1.82) is 0 Å². The zero-order valence-corrected chi connectivity index (χ0v) is 18.4. The number of para-hydroxylation sites is 2. The van der Waals surface area contributed by atoms with Gasteiger partial charge < -0.3 is 20.1 Å². The van der Waals surface area contributed by atoms with Crippen LogP contribution in [-0.2, 0) is 14.3 Å². The van der Waals surface area contributed by atoms with Gasteiger partial charge in [-0.15, -0.1) is 22.7 Å². The average molecular weight is 446 g/mol. The van der Waals surface area contributed by atoms with E-state index in [0.717, 1.165) is 15.7 Å². The van der Waals surface area contributed by atoms with Crippen LogP contribution < -0.4 is 15.4 Å². The van der Waals surface area contributed by atoms with Crippen molar-refractivity contribution < 1.29 is 19.1 Å². The van der Waals surface area contributed by atoms with E-state index in [1.807, 2.05) is 5.38 Å². The van der Waals surface area contributed by atoms with E-state index < -0.39 is 11.9 Å². The second kappa shape index (κ2) is 10.7. The molecule has 0 unspecified atom stereocenters. The summed E-state index contributed by atoms with van der Waals surface area (Å²) in [6, 6.07) is 11.2. The van der Waals surface area contributed by atoms with Crippen LogP contribution in [0.4, 0.5) is 10.8 Å². The van der Waals surface area contributed by atoms with E-state index in [1.165, 1.54) is 23.3 Å². The van der Waals surface area contributed by atoms with Crippen LogP contribution in [0.3, 0.4) is 0 Å². The van der Waals surface area contributed by atoms with Crippen LogP contribution in [0.25, 0.3) is 10.6 Å². The molecule has 0 spiro atoms. The minimum Gasteiger partial charge on any atom is -0.495 e. The molecule has 0 radical (unpaired) electrons. The smallest absolute Gasteiger partial charge is 0.306 e. The Bertz CT molecular complexity index is 1000. The largest absolute Gasteiger partial charge is 0.495 e. The Morgan fingerprint density at radius 2 is 2.00 bits per heavy atom. The molecule has 0 aliphatic carbocycles. The maximum absolute atomic E-state index is 12.0. The molecule has 9 heteroatoms. The first-order valence-electron chi connectivity index (χ1n) is 9.40. The van der Waals surface area contributed by atoms with Crippen molar-refractivity contribution in [2.24, 2.45) is 0 Å². The van der Waals surface area contributed by atoms with Crippen molar-refractivity contribution >= 4 is 45.4 Å². The van der Waals surface area contributed by atoms with Gasteiger partial charge in [0.2, 0.25) is 0 Å². The van der Waals surface area contributed by atoms with Gasteiger partial charge in [-0.05, 0) is 37.6 Å². The minimum absolute atomic E-state index is 0.220. The molecule has 0 atom stereocenters. The molecule has 0 aliphatic rings. The average Bonchev–Trinajstić information content (AvgIpc) is 3.39. The highest BCUT2D eigenvalue weighted by atomic mass is 32.1. The van der Waals surface area contributed by atoms with Gasteiger partial charge in [-0.25, -0.2) is 4.98 Å². The lowest BCUT2D eigenvalue weighted by molar-refractivity contribution is -0.147. The summed E-state index contributed by atoms with van der Waals surface area (Å²) in [5.74, 6) is -0.284. The third-order valence-electron chi connectivity index (χ3n) is 4.08. The van der Waals surface area contributed by atoms with Gasteiger partial charge in [0.15, 0.2) is 11.7 Å². The molecule has 2 heterocycles. The maximum atomic E-state index is 12.0. The monoisotopic (exact) mass is 445 g/mol. The number of thiophene rings is 1. The number of nitrogens with one attached hydrogen (secondary N) is 2. The van der Waals surface area contributed by atoms with Crippen molar-refractivity contribution in [3.05, 3.63) is 46.7 Å². The number of aromatic nitrogens is 1. The normalized spacial score (nSPS) is 10.5. The predicted molar refractivity (Wildman–Crippen MR) is 120 cm³/mol. The zero-order chi connectivity index (χ0) is 21.3. The Morgan fingerprint density at radius 3 is 2.77 bits per heavy atom. The van der Waals surface area contributed by atoms with Crippen molar-refractivity contribution in [1.82, 2.24) is 4.98 Å². The number of carbonyl (C=O) groups is 2. The third-order valence-corrected chi connectivity index (χ3v) is 5.90. The van der Waals surface area contributed by atoms with Gasteiger partial charge in [-0.1, -0.05) is 12.1 Å². The molecule has 2 N–H and O–H groups in total. The topological polar surface area (TPSA) is 89.5 Å². The summed E-state index contributed by atoms with van der Waals surface area (Å²) < 4.78 is 10.2. The van der Waals surface area contributed by atoms with Gasteiger partial charge in [0.05, 0.1) is 23.4 Å². The van der Waals surface area contributed by atoms with Gasteiger partial charge in [-0.3, -0.25) is 9.59 Å². The Hall–Kier alpha value is -2.91. The number of methoxy groups -OCH3 is 1. The third kappa shape index (κ3) is 6.30. The molecule has 0 saturated heterocycles. The van der Waals surface area contributed by atoms with Gasteiger partial charge >= 0.3 is 5.97 Å². The van der Waals surface area contributed by atoms with Crippen LogP contribution in [0.1, 0.15) is 17.7 Å². The fourth-order valence-corrected chi connectivity index (χ4v) is 4.26. The number of ether oxygens (including phenoxy) is 2. The van der Waals surface area contributed by atoms with Crippen LogP contribution in [-0.4, -0.2) is 37.1 Å². The summed E-state index contributed by atoms with van der Waals surface area (Å²) in [5.41, 5.74) is 1.49. The first kappa shape index (κ1) is 21.8. The van der Waals surface area contributed by atoms with E-state index >= 15 is 0 Å². The number of carbonyl (C=O) groups excluding carboxylic acids is 2. The van der Waals surface area contributed by atoms with Crippen LogP contribution in [0, 0.1) is 6.92 Å². The van der Waals surface area contributed by atoms with Crippen molar-refractivity contribution in [3.63, 3.8) is 0 Å². The molecule has 3 aromatic rings. The molecular weight excluding hydrogens is 422 g/mol. The Balaban J connectivity index is 1.33. The first-order chi connectivity index (χ1) is 14.5. The predicted octanol–water partition coefficient (Wildman–Crippen LogP) is 4.56. The summed E-state index contributed by atoms with van der Waals surface area (Å²) in [5, 5.41) is 8.72. The highest BCUT2D eigenvalue weighted by molar-refractivity contribution is 7.16. The Kier molecular flexibility index (Phi) is 7.81. The highest BCUT2D eigenvalue weighted by Crippen LogP contribution is 2.30. The quantitative estimate of drug-likeness (QED) is 0.351. The molecule has 0 fully saturated rings.